The summed E-state index contributed by atoms with van der Waals surface area (Å²) in [4.78, 5) is 15.6. The monoisotopic (exact) mass is 337 g/mol. The number of hydrogen-bond acceptors (Lipinski definition) is 3. The van der Waals surface area contributed by atoms with E-state index in [9.17, 15) is 4.79 Å². The number of para-hydroxylation sites is 1. The predicted octanol–water partition coefficient (Wildman–Crippen LogP) is 1.93. The normalized spacial score (nSPS) is 21.0. The zero-order chi connectivity index (χ0) is 15.5. The van der Waals surface area contributed by atoms with Gasteiger partial charge in [0.25, 0.3) is 0 Å². The van der Waals surface area contributed by atoms with E-state index < -0.39 is 0 Å². The van der Waals surface area contributed by atoms with E-state index in [1.54, 1.807) is 0 Å². The second-order valence-electron chi connectivity index (χ2n) is 5.82. The van der Waals surface area contributed by atoms with Crippen LogP contribution in [-0.4, -0.2) is 42.7 Å². The quantitative estimate of drug-likeness (QED) is 0.798. The molecule has 0 spiro atoms. The highest BCUT2D eigenvalue weighted by molar-refractivity contribution is 5.85. The third kappa shape index (κ3) is 3.86. The smallest absolute Gasteiger partial charge is 0.239 e. The van der Waals surface area contributed by atoms with Gasteiger partial charge >= 0.3 is 0 Å². The van der Waals surface area contributed by atoms with Gasteiger partial charge in [0.15, 0.2) is 0 Å². The number of aromatic amines is 1. The maximum Gasteiger partial charge on any atom is 0.239 e. The molecular formula is C17H24ClN3O2. The van der Waals surface area contributed by atoms with Gasteiger partial charge in [-0.15, -0.1) is 12.4 Å². The number of morpholine rings is 1. The molecule has 6 heteroatoms. The van der Waals surface area contributed by atoms with Crippen LogP contribution < -0.4 is 10.6 Å². The number of H-pyrrole nitrogens is 1. The van der Waals surface area contributed by atoms with E-state index >= 15 is 0 Å². The van der Waals surface area contributed by atoms with Crippen molar-refractivity contribution < 1.29 is 9.53 Å². The lowest BCUT2D eigenvalue weighted by atomic mass is 10.1. The maximum absolute atomic E-state index is 12.2. The van der Waals surface area contributed by atoms with E-state index in [-0.39, 0.29) is 30.5 Å². The Hall–Kier alpha value is -1.56. The van der Waals surface area contributed by atoms with Gasteiger partial charge < -0.3 is 20.4 Å². The lowest BCUT2D eigenvalue weighted by Crippen LogP contribution is -2.55. The van der Waals surface area contributed by atoms with E-state index in [2.05, 4.69) is 34.7 Å². The molecule has 0 saturated carbocycles. The molecule has 23 heavy (non-hydrogen) atoms. The van der Waals surface area contributed by atoms with Gasteiger partial charge in [0.2, 0.25) is 5.91 Å². The molecule has 1 fully saturated rings. The number of carbonyl (C=O) groups is 1. The summed E-state index contributed by atoms with van der Waals surface area (Å²) in [7, 11) is 0. The third-order valence-corrected chi connectivity index (χ3v) is 4.30. The van der Waals surface area contributed by atoms with E-state index in [0.29, 0.717) is 13.2 Å². The molecule has 0 bridgehead atoms. The molecule has 126 valence electrons. The standard InChI is InChI=1S/C17H23N3O2.ClH/c1-11-13(14-5-3-4-6-15(14)20-11)7-8-19-17(21)16-12(2)22-10-9-18-16;/h3-6,12,16,18,20H,7-10H2,1-2H3,(H,19,21);1H/t12-,16+;/m1./s1. The largest absolute Gasteiger partial charge is 0.375 e. The summed E-state index contributed by atoms with van der Waals surface area (Å²) in [5.74, 6) is 0.0182. The number of amides is 1. The highest BCUT2D eigenvalue weighted by atomic mass is 35.5. The summed E-state index contributed by atoms with van der Waals surface area (Å²) < 4.78 is 5.51. The summed E-state index contributed by atoms with van der Waals surface area (Å²) in [5.41, 5.74) is 3.59. The van der Waals surface area contributed by atoms with Gasteiger partial charge in [-0.2, -0.15) is 0 Å². The van der Waals surface area contributed by atoms with Crippen molar-refractivity contribution in [3.05, 3.63) is 35.5 Å². The van der Waals surface area contributed by atoms with Crippen LogP contribution in [0.1, 0.15) is 18.2 Å². The third-order valence-electron chi connectivity index (χ3n) is 4.30. The molecule has 0 unspecified atom stereocenters. The van der Waals surface area contributed by atoms with Gasteiger partial charge in [-0.05, 0) is 31.9 Å². The number of rotatable bonds is 4. The van der Waals surface area contributed by atoms with Gasteiger partial charge in [-0.3, -0.25) is 4.79 Å². The topological polar surface area (TPSA) is 66.2 Å². The number of fused-ring (bicyclic) bond motifs is 1. The van der Waals surface area contributed by atoms with Crippen LogP contribution >= 0.6 is 12.4 Å². The maximum atomic E-state index is 12.2. The molecular weight excluding hydrogens is 314 g/mol. The molecule has 1 saturated heterocycles. The van der Waals surface area contributed by atoms with Crippen LogP contribution in [0.3, 0.4) is 0 Å². The molecule has 1 amide bonds. The molecule has 1 aliphatic rings. The average molecular weight is 338 g/mol. The Morgan fingerprint density at radius 3 is 2.96 bits per heavy atom. The SMILES string of the molecule is Cc1[nH]c2ccccc2c1CCNC(=O)[C@H]1NCCO[C@@H]1C.Cl. The number of nitrogens with one attached hydrogen (secondary N) is 3. The minimum atomic E-state index is -0.252. The van der Waals surface area contributed by atoms with E-state index in [0.717, 1.165) is 18.5 Å². The van der Waals surface area contributed by atoms with Gasteiger partial charge in [-0.25, -0.2) is 0 Å². The second-order valence-corrected chi connectivity index (χ2v) is 5.82. The summed E-state index contributed by atoms with van der Waals surface area (Å²) in [6.45, 7) is 6.03. The van der Waals surface area contributed by atoms with E-state index in [4.69, 9.17) is 4.74 Å². The Labute approximate surface area is 142 Å². The van der Waals surface area contributed by atoms with E-state index in [1.165, 1.54) is 16.6 Å². The lowest BCUT2D eigenvalue weighted by Gasteiger charge is -2.29. The van der Waals surface area contributed by atoms with Crippen molar-refractivity contribution in [1.29, 1.82) is 0 Å². The zero-order valence-corrected chi connectivity index (χ0v) is 14.3. The molecule has 1 aliphatic heterocycles. The summed E-state index contributed by atoms with van der Waals surface area (Å²) in [5, 5.41) is 7.47. The molecule has 2 heterocycles. The number of aryl methyl sites for hydroxylation is 1. The summed E-state index contributed by atoms with van der Waals surface area (Å²) in [6.07, 6.45) is 0.743. The van der Waals surface area contributed by atoms with E-state index in [1.807, 2.05) is 19.1 Å². The first-order valence-electron chi connectivity index (χ1n) is 7.85. The molecule has 3 N–H and O–H groups in total. The van der Waals surface area contributed by atoms with Crippen LogP contribution in [0.15, 0.2) is 24.3 Å². The Morgan fingerprint density at radius 2 is 2.17 bits per heavy atom. The first kappa shape index (κ1) is 17.8. The van der Waals surface area contributed by atoms with Crippen LogP contribution in [0, 0.1) is 6.92 Å². The number of ether oxygens (including phenoxy) is 1. The zero-order valence-electron chi connectivity index (χ0n) is 13.5. The minimum absolute atomic E-state index is 0. The summed E-state index contributed by atoms with van der Waals surface area (Å²) >= 11 is 0. The fourth-order valence-electron chi connectivity index (χ4n) is 3.10. The Kier molecular flexibility index (Phi) is 6.04. The van der Waals surface area contributed by atoms with Crippen LogP contribution in [0.25, 0.3) is 10.9 Å². The van der Waals surface area contributed by atoms with Crippen molar-refractivity contribution in [3.63, 3.8) is 0 Å². The molecule has 2 aromatic rings. The Balaban J connectivity index is 0.00000192. The molecule has 2 atom stereocenters. The molecule has 0 radical (unpaired) electrons. The van der Waals surface area contributed by atoms with Crippen LogP contribution in [-0.2, 0) is 16.0 Å². The number of hydrogen-bond donors (Lipinski definition) is 3. The van der Waals surface area contributed by atoms with Crippen LogP contribution in [0.4, 0.5) is 0 Å². The molecule has 1 aromatic heterocycles. The molecule has 5 nitrogen and oxygen atoms in total. The fraction of sp³-hybridized carbons (Fsp3) is 0.471. The highest BCUT2D eigenvalue weighted by Gasteiger charge is 2.27. The van der Waals surface area contributed by atoms with Crippen molar-refractivity contribution in [3.8, 4) is 0 Å². The molecule has 1 aromatic carbocycles. The van der Waals surface area contributed by atoms with Crippen molar-refractivity contribution >= 4 is 29.2 Å². The average Bonchev–Trinajstić information content (AvgIpc) is 2.83. The Bertz CT molecular complexity index is 671. The van der Waals surface area contributed by atoms with Crippen LogP contribution in [0.2, 0.25) is 0 Å². The number of carbonyl (C=O) groups excluding carboxylic acids is 1. The Morgan fingerprint density at radius 1 is 1.39 bits per heavy atom. The molecule has 3 rings (SSSR count). The van der Waals surface area contributed by atoms with Crippen molar-refractivity contribution in [2.24, 2.45) is 0 Å². The number of benzene rings is 1. The molecule has 0 aliphatic carbocycles. The fourth-order valence-corrected chi connectivity index (χ4v) is 3.10. The number of aromatic nitrogens is 1. The minimum Gasteiger partial charge on any atom is -0.375 e. The van der Waals surface area contributed by atoms with Gasteiger partial charge in [0.1, 0.15) is 6.04 Å². The lowest BCUT2D eigenvalue weighted by molar-refractivity contribution is -0.128. The predicted molar refractivity (Wildman–Crippen MR) is 94.2 cm³/mol. The summed E-state index contributed by atoms with van der Waals surface area (Å²) in [6, 6.07) is 8.02. The number of halogens is 1. The second kappa shape index (κ2) is 7.81. The van der Waals surface area contributed by atoms with Crippen LogP contribution in [0.5, 0.6) is 0 Å². The van der Waals surface area contributed by atoms with Gasteiger partial charge in [0.05, 0.1) is 12.7 Å². The van der Waals surface area contributed by atoms with Crippen molar-refractivity contribution in [1.82, 2.24) is 15.6 Å². The first-order chi connectivity index (χ1) is 10.7. The first-order valence-corrected chi connectivity index (χ1v) is 7.85. The van der Waals surface area contributed by atoms with Crippen molar-refractivity contribution in [2.45, 2.75) is 32.4 Å². The van der Waals surface area contributed by atoms with Gasteiger partial charge in [-0.1, -0.05) is 18.2 Å². The van der Waals surface area contributed by atoms with Crippen molar-refractivity contribution in [2.75, 3.05) is 19.7 Å². The van der Waals surface area contributed by atoms with Gasteiger partial charge in [0, 0.05) is 29.7 Å². The highest BCUT2D eigenvalue weighted by Crippen LogP contribution is 2.21.